The quantitative estimate of drug-likeness (QED) is 0.685. The first-order valence-corrected chi connectivity index (χ1v) is 6.11. The van der Waals surface area contributed by atoms with Gasteiger partial charge in [0.2, 0.25) is 5.91 Å². The number of carbonyl (C=O) groups is 3. The Hall–Kier alpha value is -2.45. The Morgan fingerprint density at radius 2 is 2.00 bits per heavy atom. The SMILES string of the molecule is CCc1c(C(=O)O)nnn1CC(=O)NC(=O)NC(C)C. The van der Waals surface area contributed by atoms with Crippen LogP contribution in [0.1, 0.15) is 37.0 Å². The molecule has 0 aliphatic carbocycles. The number of amides is 3. The fourth-order valence-electron chi connectivity index (χ4n) is 1.58. The number of nitrogens with zero attached hydrogens (tertiary/aromatic N) is 3. The van der Waals surface area contributed by atoms with Gasteiger partial charge in [-0.05, 0) is 20.3 Å². The normalized spacial score (nSPS) is 10.4. The number of carboxylic acids is 1. The molecule has 0 atom stereocenters. The molecule has 1 aromatic heterocycles. The van der Waals surface area contributed by atoms with E-state index in [4.69, 9.17) is 5.11 Å². The average molecular weight is 283 g/mol. The summed E-state index contributed by atoms with van der Waals surface area (Å²) in [6, 6.07) is -0.708. The van der Waals surface area contributed by atoms with Crippen molar-refractivity contribution < 1.29 is 19.5 Å². The number of hydrogen-bond donors (Lipinski definition) is 3. The number of aromatic nitrogens is 3. The molecule has 0 spiro atoms. The minimum absolute atomic E-state index is 0.0982. The molecule has 1 aromatic rings. The molecule has 20 heavy (non-hydrogen) atoms. The van der Waals surface area contributed by atoms with Crippen LogP contribution in [0.15, 0.2) is 0 Å². The highest BCUT2D eigenvalue weighted by molar-refractivity contribution is 5.94. The maximum atomic E-state index is 11.6. The summed E-state index contributed by atoms with van der Waals surface area (Å²) in [5.74, 6) is -1.80. The minimum Gasteiger partial charge on any atom is -0.476 e. The van der Waals surface area contributed by atoms with Crippen LogP contribution in [0.25, 0.3) is 0 Å². The highest BCUT2D eigenvalue weighted by Gasteiger charge is 2.19. The van der Waals surface area contributed by atoms with Crippen molar-refractivity contribution in [2.24, 2.45) is 0 Å². The molecule has 0 saturated carbocycles. The number of nitrogens with one attached hydrogen (secondary N) is 2. The van der Waals surface area contributed by atoms with E-state index < -0.39 is 17.9 Å². The van der Waals surface area contributed by atoms with Crippen molar-refractivity contribution in [2.45, 2.75) is 39.8 Å². The van der Waals surface area contributed by atoms with Crippen molar-refractivity contribution in [1.82, 2.24) is 25.6 Å². The molecule has 9 nitrogen and oxygen atoms in total. The molecule has 0 aromatic carbocycles. The van der Waals surface area contributed by atoms with Gasteiger partial charge in [-0.15, -0.1) is 5.10 Å². The van der Waals surface area contributed by atoms with Crippen LogP contribution in [0, 0.1) is 0 Å². The van der Waals surface area contributed by atoms with E-state index in [0.717, 1.165) is 0 Å². The summed E-state index contributed by atoms with van der Waals surface area (Å²) in [6.07, 6.45) is 0.361. The lowest BCUT2D eigenvalue weighted by atomic mass is 10.2. The van der Waals surface area contributed by atoms with Crippen molar-refractivity contribution in [3.05, 3.63) is 11.4 Å². The number of carbonyl (C=O) groups excluding carboxylic acids is 2. The van der Waals surface area contributed by atoms with Crippen LogP contribution in [0.2, 0.25) is 0 Å². The number of urea groups is 1. The van der Waals surface area contributed by atoms with Gasteiger partial charge in [-0.1, -0.05) is 12.1 Å². The zero-order chi connectivity index (χ0) is 15.3. The molecule has 0 unspecified atom stereocenters. The second-order valence-corrected chi connectivity index (χ2v) is 4.38. The maximum absolute atomic E-state index is 11.6. The van der Waals surface area contributed by atoms with Crippen LogP contribution in [0.4, 0.5) is 4.79 Å². The Morgan fingerprint density at radius 3 is 2.50 bits per heavy atom. The first-order chi connectivity index (χ1) is 9.35. The fraction of sp³-hybridized carbons (Fsp3) is 0.545. The summed E-state index contributed by atoms with van der Waals surface area (Å²) in [5.41, 5.74) is 0.142. The zero-order valence-electron chi connectivity index (χ0n) is 11.5. The van der Waals surface area contributed by atoms with Crippen LogP contribution < -0.4 is 10.6 Å². The molecular formula is C11H17N5O4. The van der Waals surface area contributed by atoms with Gasteiger partial charge in [-0.2, -0.15) is 0 Å². The number of rotatable bonds is 5. The van der Waals surface area contributed by atoms with Crippen molar-refractivity contribution in [1.29, 1.82) is 0 Å². The summed E-state index contributed by atoms with van der Waals surface area (Å²) >= 11 is 0. The van der Waals surface area contributed by atoms with Gasteiger partial charge in [0.1, 0.15) is 6.54 Å². The molecular weight excluding hydrogens is 266 g/mol. The topological polar surface area (TPSA) is 126 Å². The van der Waals surface area contributed by atoms with Gasteiger partial charge >= 0.3 is 12.0 Å². The van der Waals surface area contributed by atoms with Gasteiger partial charge in [0.25, 0.3) is 0 Å². The minimum atomic E-state index is -1.20. The van der Waals surface area contributed by atoms with Gasteiger partial charge in [-0.3, -0.25) is 10.1 Å². The average Bonchev–Trinajstić information content (AvgIpc) is 2.70. The lowest BCUT2D eigenvalue weighted by Gasteiger charge is -2.09. The van der Waals surface area contributed by atoms with E-state index in [-0.39, 0.29) is 18.3 Å². The Morgan fingerprint density at radius 1 is 1.35 bits per heavy atom. The first-order valence-electron chi connectivity index (χ1n) is 6.11. The Balaban J connectivity index is 2.71. The molecule has 0 aliphatic rings. The third kappa shape index (κ3) is 4.04. The summed E-state index contributed by atoms with van der Waals surface area (Å²) in [5, 5.41) is 20.6. The van der Waals surface area contributed by atoms with E-state index in [1.165, 1.54) is 4.68 Å². The summed E-state index contributed by atoms with van der Waals surface area (Å²) in [4.78, 5) is 33.9. The summed E-state index contributed by atoms with van der Waals surface area (Å²) in [7, 11) is 0. The van der Waals surface area contributed by atoms with Gasteiger partial charge < -0.3 is 10.4 Å². The number of carboxylic acid groups (broad SMARTS) is 1. The van der Waals surface area contributed by atoms with E-state index in [1.807, 2.05) is 0 Å². The summed E-state index contributed by atoms with van der Waals surface area (Å²) < 4.78 is 1.17. The number of hydrogen-bond acceptors (Lipinski definition) is 5. The lowest BCUT2D eigenvalue weighted by Crippen LogP contribution is -2.43. The zero-order valence-corrected chi connectivity index (χ0v) is 11.5. The monoisotopic (exact) mass is 283 g/mol. The molecule has 3 amide bonds. The molecule has 9 heteroatoms. The van der Waals surface area contributed by atoms with Crippen LogP contribution in [0.5, 0.6) is 0 Å². The molecule has 1 rings (SSSR count). The molecule has 0 aliphatic heterocycles. The van der Waals surface area contributed by atoms with E-state index in [0.29, 0.717) is 12.1 Å². The van der Waals surface area contributed by atoms with Gasteiger partial charge in [0, 0.05) is 6.04 Å². The second kappa shape index (κ2) is 6.64. The summed E-state index contributed by atoms with van der Waals surface area (Å²) in [6.45, 7) is 4.98. The number of imide groups is 1. The van der Waals surface area contributed by atoms with Gasteiger partial charge in [0.15, 0.2) is 5.69 Å². The predicted molar refractivity (Wildman–Crippen MR) is 68.2 cm³/mol. The van der Waals surface area contributed by atoms with Crippen LogP contribution >= 0.6 is 0 Å². The lowest BCUT2D eigenvalue weighted by molar-refractivity contribution is -0.120. The van der Waals surface area contributed by atoms with E-state index in [9.17, 15) is 14.4 Å². The van der Waals surface area contributed by atoms with Crippen LogP contribution in [0.3, 0.4) is 0 Å². The van der Waals surface area contributed by atoms with Gasteiger partial charge in [-0.25, -0.2) is 14.3 Å². The second-order valence-electron chi connectivity index (χ2n) is 4.38. The van der Waals surface area contributed by atoms with E-state index in [1.54, 1.807) is 20.8 Å². The third-order valence-electron chi connectivity index (χ3n) is 2.34. The Bertz CT molecular complexity index is 523. The first kappa shape index (κ1) is 15.6. The Kier molecular flexibility index (Phi) is 5.18. The van der Waals surface area contributed by atoms with Crippen LogP contribution in [-0.2, 0) is 17.8 Å². The molecule has 0 radical (unpaired) electrons. The molecule has 1 heterocycles. The highest BCUT2D eigenvalue weighted by Crippen LogP contribution is 2.06. The van der Waals surface area contributed by atoms with Gasteiger partial charge in [0.05, 0.1) is 5.69 Å². The maximum Gasteiger partial charge on any atom is 0.358 e. The van der Waals surface area contributed by atoms with Crippen molar-refractivity contribution in [3.63, 3.8) is 0 Å². The molecule has 0 fully saturated rings. The Labute approximate surface area is 115 Å². The molecule has 3 N–H and O–H groups in total. The van der Waals surface area contributed by atoms with E-state index in [2.05, 4.69) is 20.9 Å². The predicted octanol–water partition coefficient (Wildman–Crippen LogP) is -0.227. The standard InChI is InChI=1S/C11H17N5O4/c1-4-7-9(10(18)19)14-15-16(7)5-8(17)13-11(20)12-6(2)3/h6H,4-5H2,1-3H3,(H,18,19)(H2,12,13,17,20). The van der Waals surface area contributed by atoms with Crippen molar-refractivity contribution >= 4 is 17.9 Å². The molecule has 0 saturated heterocycles. The number of aromatic carboxylic acids is 1. The fourth-order valence-corrected chi connectivity index (χ4v) is 1.58. The highest BCUT2D eigenvalue weighted by atomic mass is 16.4. The largest absolute Gasteiger partial charge is 0.476 e. The van der Waals surface area contributed by atoms with Crippen LogP contribution in [-0.4, -0.2) is 44.0 Å². The van der Waals surface area contributed by atoms with Crippen molar-refractivity contribution in [3.8, 4) is 0 Å². The molecule has 110 valence electrons. The third-order valence-corrected chi connectivity index (χ3v) is 2.34. The van der Waals surface area contributed by atoms with E-state index >= 15 is 0 Å². The smallest absolute Gasteiger partial charge is 0.358 e. The molecule has 0 bridgehead atoms. The van der Waals surface area contributed by atoms with Crippen molar-refractivity contribution in [2.75, 3.05) is 0 Å².